The Hall–Kier alpha value is -3.87. The van der Waals surface area contributed by atoms with Gasteiger partial charge in [-0.3, -0.25) is 4.79 Å². The number of aryl methyl sites for hydroxylation is 1. The number of hydrogen-bond acceptors (Lipinski definition) is 6. The van der Waals surface area contributed by atoms with Crippen LogP contribution in [-0.2, 0) is 9.53 Å². The quantitative estimate of drug-likeness (QED) is 0.593. The van der Waals surface area contributed by atoms with Crippen LogP contribution in [0.1, 0.15) is 15.9 Å². The van der Waals surface area contributed by atoms with Gasteiger partial charge in [-0.05, 0) is 49.4 Å². The summed E-state index contributed by atoms with van der Waals surface area (Å²) in [6.07, 6.45) is 1.58. The topological polar surface area (TPSA) is 89.6 Å². The van der Waals surface area contributed by atoms with Gasteiger partial charge in [0, 0.05) is 5.69 Å². The SMILES string of the molecule is COC(=O)c1cccc(Nc2ccc(NC(=O)COc3ccc(C)cc3)nc2)c1. The maximum atomic E-state index is 12.0. The molecular formula is C22H21N3O4. The highest BCUT2D eigenvalue weighted by atomic mass is 16.5. The number of nitrogens with one attached hydrogen (secondary N) is 2. The van der Waals surface area contributed by atoms with E-state index < -0.39 is 5.97 Å². The molecule has 1 heterocycles. The minimum absolute atomic E-state index is 0.106. The fourth-order valence-electron chi connectivity index (χ4n) is 2.51. The Morgan fingerprint density at radius 1 is 1.00 bits per heavy atom. The van der Waals surface area contributed by atoms with E-state index >= 15 is 0 Å². The molecule has 3 aromatic rings. The van der Waals surface area contributed by atoms with Gasteiger partial charge in [-0.1, -0.05) is 23.8 Å². The lowest BCUT2D eigenvalue weighted by Crippen LogP contribution is -2.20. The first-order valence-corrected chi connectivity index (χ1v) is 8.94. The van der Waals surface area contributed by atoms with Crippen LogP contribution in [0.2, 0.25) is 0 Å². The maximum absolute atomic E-state index is 12.0. The molecule has 0 radical (unpaired) electrons. The number of methoxy groups -OCH3 is 1. The first-order valence-electron chi connectivity index (χ1n) is 8.94. The molecule has 0 aliphatic rings. The summed E-state index contributed by atoms with van der Waals surface area (Å²) in [6.45, 7) is 1.88. The second-order valence-electron chi connectivity index (χ2n) is 6.28. The molecule has 0 atom stereocenters. The maximum Gasteiger partial charge on any atom is 0.337 e. The van der Waals surface area contributed by atoms with Gasteiger partial charge in [0.05, 0.1) is 24.6 Å². The fraction of sp³-hybridized carbons (Fsp3) is 0.136. The summed E-state index contributed by atoms with van der Waals surface area (Å²) in [7, 11) is 1.34. The number of aromatic nitrogens is 1. The molecule has 0 unspecified atom stereocenters. The molecule has 148 valence electrons. The largest absolute Gasteiger partial charge is 0.484 e. The van der Waals surface area contributed by atoms with Gasteiger partial charge in [-0.2, -0.15) is 0 Å². The number of carbonyl (C=O) groups excluding carboxylic acids is 2. The van der Waals surface area contributed by atoms with Crippen molar-refractivity contribution < 1.29 is 19.1 Å². The molecule has 3 rings (SSSR count). The first-order chi connectivity index (χ1) is 14.0. The Kier molecular flexibility index (Phi) is 6.42. The molecule has 7 heteroatoms. The van der Waals surface area contributed by atoms with E-state index in [2.05, 4.69) is 15.6 Å². The van der Waals surface area contributed by atoms with Gasteiger partial charge in [0.2, 0.25) is 0 Å². The summed E-state index contributed by atoms with van der Waals surface area (Å²) in [5.41, 5.74) is 3.00. The number of carbonyl (C=O) groups is 2. The van der Waals surface area contributed by atoms with Gasteiger partial charge in [0.1, 0.15) is 11.6 Å². The number of hydrogen-bond donors (Lipinski definition) is 2. The minimum Gasteiger partial charge on any atom is -0.484 e. The zero-order valence-electron chi connectivity index (χ0n) is 16.1. The van der Waals surface area contributed by atoms with Crippen LogP contribution in [0.3, 0.4) is 0 Å². The summed E-state index contributed by atoms with van der Waals surface area (Å²) in [4.78, 5) is 27.8. The summed E-state index contributed by atoms with van der Waals surface area (Å²) >= 11 is 0. The lowest BCUT2D eigenvalue weighted by Gasteiger charge is -2.09. The average Bonchev–Trinajstić information content (AvgIpc) is 2.74. The summed E-state index contributed by atoms with van der Waals surface area (Å²) in [6, 6.07) is 17.9. The number of esters is 1. The van der Waals surface area contributed by atoms with Crippen molar-refractivity contribution >= 4 is 29.1 Å². The van der Waals surface area contributed by atoms with Gasteiger partial charge in [-0.25, -0.2) is 9.78 Å². The van der Waals surface area contributed by atoms with Crippen molar-refractivity contribution in [2.75, 3.05) is 24.4 Å². The summed E-state index contributed by atoms with van der Waals surface area (Å²) in [5, 5.41) is 5.83. The Morgan fingerprint density at radius 3 is 2.48 bits per heavy atom. The summed E-state index contributed by atoms with van der Waals surface area (Å²) < 4.78 is 10.2. The number of benzene rings is 2. The Balaban J connectivity index is 1.54. The molecule has 0 aliphatic heterocycles. The molecule has 0 aliphatic carbocycles. The van der Waals surface area contributed by atoms with Gasteiger partial charge in [0.25, 0.3) is 5.91 Å². The smallest absolute Gasteiger partial charge is 0.337 e. The third-order valence-corrected chi connectivity index (χ3v) is 3.99. The van der Waals surface area contributed by atoms with Crippen LogP contribution >= 0.6 is 0 Å². The van der Waals surface area contributed by atoms with Crippen LogP contribution in [0.15, 0.2) is 66.9 Å². The number of nitrogens with zero attached hydrogens (tertiary/aromatic N) is 1. The number of ether oxygens (including phenoxy) is 2. The highest BCUT2D eigenvalue weighted by Crippen LogP contribution is 2.19. The molecule has 2 aromatic carbocycles. The van der Waals surface area contributed by atoms with Crippen LogP contribution in [0.4, 0.5) is 17.2 Å². The Morgan fingerprint density at radius 2 is 1.79 bits per heavy atom. The standard InChI is InChI=1S/C22H21N3O4/c1-15-6-9-19(10-7-15)29-14-21(26)25-20-11-8-18(13-23-20)24-17-5-3-4-16(12-17)22(27)28-2/h3-13,24H,14H2,1-2H3,(H,23,25,26). The van der Waals surface area contributed by atoms with Crippen molar-refractivity contribution in [3.05, 3.63) is 78.0 Å². The zero-order chi connectivity index (χ0) is 20.6. The summed E-state index contributed by atoms with van der Waals surface area (Å²) in [5.74, 6) is 0.339. The van der Waals surface area contributed by atoms with E-state index in [1.807, 2.05) is 37.3 Å². The lowest BCUT2D eigenvalue weighted by atomic mass is 10.2. The van der Waals surface area contributed by atoms with Crippen molar-refractivity contribution in [1.82, 2.24) is 4.98 Å². The number of anilines is 3. The van der Waals surface area contributed by atoms with E-state index in [0.29, 0.717) is 22.8 Å². The van der Waals surface area contributed by atoms with Gasteiger partial charge in [-0.15, -0.1) is 0 Å². The van der Waals surface area contributed by atoms with Crippen molar-refractivity contribution in [1.29, 1.82) is 0 Å². The molecule has 1 amide bonds. The zero-order valence-corrected chi connectivity index (χ0v) is 16.1. The molecule has 0 bridgehead atoms. The predicted octanol–water partition coefficient (Wildman–Crippen LogP) is 3.94. The van der Waals surface area contributed by atoms with Crippen molar-refractivity contribution in [3.8, 4) is 5.75 Å². The second-order valence-corrected chi connectivity index (χ2v) is 6.28. The monoisotopic (exact) mass is 391 g/mol. The molecule has 1 aromatic heterocycles. The predicted molar refractivity (Wildman–Crippen MR) is 111 cm³/mol. The second kappa shape index (κ2) is 9.36. The van der Waals surface area contributed by atoms with Crippen LogP contribution < -0.4 is 15.4 Å². The van der Waals surface area contributed by atoms with Crippen molar-refractivity contribution in [3.63, 3.8) is 0 Å². The van der Waals surface area contributed by atoms with Crippen molar-refractivity contribution in [2.24, 2.45) is 0 Å². The minimum atomic E-state index is -0.405. The molecule has 0 saturated carbocycles. The fourth-order valence-corrected chi connectivity index (χ4v) is 2.51. The number of amides is 1. The van der Waals surface area contributed by atoms with Crippen molar-refractivity contribution in [2.45, 2.75) is 6.92 Å². The van der Waals surface area contributed by atoms with E-state index in [-0.39, 0.29) is 12.5 Å². The third-order valence-electron chi connectivity index (χ3n) is 3.99. The van der Waals surface area contributed by atoms with Crippen LogP contribution in [-0.4, -0.2) is 30.6 Å². The third kappa shape index (κ3) is 5.80. The Bertz CT molecular complexity index is 986. The van der Waals surface area contributed by atoms with Gasteiger partial charge < -0.3 is 20.1 Å². The van der Waals surface area contributed by atoms with Crippen LogP contribution in [0.5, 0.6) is 5.75 Å². The van der Waals surface area contributed by atoms with E-state index in [1.165, 1.54) is 7.11 Å². The normalized spacial score (nSPS) is 10.1. The number of pyridine rings is 1. The number of rotatable bonds is 7. The lowest BCUT2D eigenvalue weighted by molar-refractivity contribution is -0.118. The molecule has 0 spiro atoms. The van der Waals surface area contributed by atoms with Gasteiger partial charge >= 0.3 is 5.97 Å². The molecule has 0 saturated heterocycles. The van der Waals surface area contributed by atoms with E-state index in [9.17, 15) is 9.59 Å². The van der Waals surface area contributed by atoms with Crippen LogP contribution in [0.25, 0.3) is 0 Å². The highest BCUT2D eigenvalue weighted by Gasteiger charge is 2.07. The van der Waals surface area contributed by atoms with Crippen LogP contribution in [0, 0.1) is 6.92 Å². The Labute approximate surface area is 168 Å². The molecule has 0 fully saturated rings. The molecule has 2 N–H and O–H groups in total. The molecular weight excluding hydrogens is 370 g/mol. The van der Waals surface area contributed by atoms with E-state index in [0.717, 1.165) is 11.3 Å². The molecule has 7 nitrogen and oxygen atoms in total. The molecule has 29 heavy (non-hydrogen) atoms. The van der Waals surface area contributed by atoms with Gasteiger partial charge in [0.15, 0.2) is 6.61 Å². The van der Waals surface area contributed by atoms with E-state index in [4.69, 9.17) is 9.47 Å². The highest BCUT2D eigenvalue weighted by molar-refractivity contribution is 5.91. The van der Waals surface area contributed by atoms with E-state index in [1.54, 1.807) is 36.5 Å². The average molecular weight is 391 g/mol. The first kappa shape index (κ1) is 19.9.